The maximum atomic E-state index is 12.6. The molecule has 2 aromatic carbocycles. The molecule has 0 aliphatic carbocycles. The van der Waals surface area contributed by atoms with E-state index in [1.165, 1.54) is 41.3 Å². The average Bonchev–Trinajstić information content (AvgIpc) is 2.85. The van der Waals surface area contributed by atoms with Crippen LogP contribution in [0.25, 0.3) is 0 Å². The monoisotopic (exact) mass is 366 g/mol. The van der Waals surface area contributed by atoms with Crippen molar-refractivity contribution in [2.24, 2.45) is 0 Å². The maximum absolute atomic E-state index is 12.6. The summed E-state index contributed by atoms with van der Waals surface area (Å²) < 4.78 is 0. The molecule has 2 aromatic rings. The van der Waals surface area contributed by atoms with Crippen molar-refractivity contribution in [3.05, 3.63) is 64.7 Å². The van der Waals surface area contributed by atoms with Gasteiger partial charge < -0.3 is 10.4 Å². The number of rotatable bonds is 3. The first-order valence-corrected chi connectivity index (χ1v) is 8.27. The van der Waals surface area contributed by atoms with Crippen LogP contribution in [-0.2, 0) is 0 Å². The van der Waals surface area contributed by atoms with E-state index in [9.17, 15) is 19.2 Å². The SMILES string of the molecule is CC(C)(C)N1C(=O)c2ccc(C(=O)Nc3cccc(C(=O)O)c3)cc2C1=O. The molecule has 0 spiro atoms. The van der Waals surface area contributed by atoms with Gasteiger partial charge in [0.05, 0.1) is 16.7 Å². The van der Waals surface area contributed by atoms with Gasteiger partial charge in [-0.05, 0) is 57.2 Å². The number of nitrogens with zero attached hydrogens (tertiary/aromatic N) is 1. The van der Waals surface area contributed by atoms with Crippen LogP contribution in [0.15, 0.2) is 42.5 Å². The van der Waals surface area contributed by atoms with Gasteiger partial charge >= 0.3 is 5.97 Å². The van der Waals surface area contributed by atoms with Gasteiger partial charge in [-0.2, -0.15) is 0 Å². The Morgan fingerprint density at radius 1 is 0.926 bits per heavy atom. The van der Waals surface area contributed by atoms with E-state index in [1.807, 2.05) is 0 Å². The molecule has 1 aliphatic rings. The van der Waals surface area contributed by atoms with Crippen molar-refractivity contribution in [1.29, 1.82) is 0 Å². The first-order chi connectivity index (χ1) is 12.6. The van der Waals surface area contributed by atoms with Crippen molar-refractivity contribution in [1.82, 2.24) is 4.90 Å². The third-order valence-corrected chi connectivity index (χ3v) is 4.19. The van der Waals surface area contributed by atoms with Gasteiger partial charge in [0.2, 0.25) is 0 Å². The smallest absolute Gasteiger partial charge is 0.335 e. The van der Waals surface area contributed by atoms with E-state index in [4.69, 9.17) is 5.11 Å². The van der Waals surface area contributed by atoms with Gasteiger partial charge in [0.15, 0.2) is 0 Å². The summed E-state index contributed by atoms with van der Waals surface area (Å²) in [6.45, 7) is 5.28. The van der Waals surface area contributed by atoms with Gasteiger partial charge in [-0.15, -0.1) is 0 Å². The molecule has 0 atom stereocenters. The summed E-state index contributed by atoms with van der Waals surface area (Å²) in [5, 5.41) is 11.6. The molecule has 3 amide bonds. The number of anilines is 1. The fraction of sp³-hybridized carbons (Fsp3) is 0.200. The molecular weight excluding hydrogens is 348 g/mol. The molecule has 0 fully saturated rings. The van der Waals surface area contributed by atoms with Crippen LogP contribution >= 0.6 is 0 Å². The van der Waals surface area contributed by atoms with Crippen LogP contribution in [-0.4, -0.2) is 39.2 Å². The molecule has 0 saturated heterocycles. The highest BCUT2D eigenvalue weighted by Crippen LogP contribution is 2.30. The first-order valence-electron chi connectivity index (χ1n) is 8.27. The lowest BCUT2D eigenvalue weighted by Crippen LogP contribution is -2.45. The van der Waals surface area contributed by atoms with E-state index >= 15 is 0 Å². The summed E-state index contributed by atoms with van der Waals surface area (Å²) in [5.74, 6) is -2.43. The normalized spacial score (nSPS) is 13.5. The van der Waals surface area contributed by atoms with E-state index in [2.05, 4.69) is 5.32 Å². The molecule has 1 aliphatic heterocycles. The Labute approximate surface area is 155 Å². The Bertz CT molecular complexity index is 988. The summed E-state index contributed by atoms with van der Waals surface area (Å²) in [4.78, 5) is 49.8. The van der Waals surface area contributed by atoms with E-state index in [0.29, 0.717) is 5.69 Å². The van der Waals surface area contributed by atoms with Gasteiger partial charge in [0.1, 0.15) is 0 Å². The van der Waals surface area contributed by atoms with Crippen LogP contribution in [0.2, 0.25) is 0 Å². The van der Waals surface area contributed by atoms with E-state index in [0.717, 1.165) is 0 Å². The highest BCUT2D eigenvalue weighted by atomic mass is 16.4. The largest absolute Gasteiger partial charge is 0.478 e. The van der Waals surface area contributed by atoms with Crippen LogP contribution in [0.5, 0.6) is 0 Å². The number of nitrogens with one attached hydrogen (secondary N) is 1. The number of carboxylic acid groups (broad SMARTS) is 1. The second-order valence-corrected chi connectivity index (χ2v) is 7.22. The maximum Gasteiger partial charge on any atom is 0.335 e. The fourth-order valence-electron chi connectivity index (χ4n) is 2.92. The summed E-state index contributed by atoms with van der Waals surface area (Å²) in [6, 6.07) is 10.1. The molecule has 0 bridgehead atoms. The molecule has 0 saturated carbocycles. The molecule has 3 rings (SSSR count). The summed E-state index contributed by atoms with van der Waals surface area (Å²) >= 11 is 0. The lowest BCUT2D eigenvalue weighted by atomic mass is 10.1. The Hall–Kier alpha value is -3.48. The second kappa shape index (κ2) is 6.35. The predicted octanol–water partition coefficient (Wildman–Crippen LogP) is 3.03. The molecule has 0 radical (unpaired) electrons. The minimum absolute atomic E-state index is 0.0448. The molecule has 2 N–H and O–H groups in total. The number of hydrogen-bond acceptors (Lipinski definition) is 4. The number of aromatic carboxylic acids is 1. The quantitative estimate of drug-likeness (QED) is 0.813. The number of benzene rings is 2. The zero-order chi connectivity index (χ0) is 19.9. The molecule has 7 heteroatoms. The van der Waals surface area contributed by atoms with E-state index in [-0.39, 0.29) is 28.2 Å². The molecule has 0 aromatic heterocycles. The Morgan fingerprint density at radius 3 is 2.22 bits per heavy atom. The van der Waals surface area contributed by atoms with Crippen molar-refractivity contribution in [2.45, 2.75) is 26.3 Å². The molecule has 27 heavy (non-hydrogen) atoms. The summed E-state index contributed by atoms with van der Waals surface area (Å²) in [5.41, 5.74) is 0.336. The van der Waals surface area contributed by atoms with Gasteiger partial charge in [-0.25, -0.2) is 4.79 Å². The lowest BCUT2D eigenvalue weighted by Gasteiger charge is -2.29. The minimum Gasteiger partial charge on any atom is -0.478 e. The van der Waals surface area contributed by atoms with Gasteiger partial charge in [0, 0.05) is 16.8 Å². The molecule has 138 valence electrons. The van der Waals surface area contributed by atoms with Crippen molar-refractivity contribution in [3.63, 3.8) is 0 Å². The van der Waals surface area contributed by atoms with Crippen LogP contribution in [0, 0.1) is 0 Å². The number of hydrogen-bond donors (Lipinski definition) is 2. The first kappa shape index (κ1) is 18.3. The number of carboxylic acids is 1. The Balaban J connectivity index is 1.89. The topological polar surface area (TPSA) is 104 Å². The van der Waals surface area contributed by atoms with Crippen molar-refractivity contribution in [3.8, 4) is 0 Å². The fourth-order valence-corrected chi connectivity index (χ4v) is 2.92. The third kappa shape index (κ3) is 3.31. The van der Waals surface area contributed by atoms with Crippen molar-refractivity contribution < 1.29 is 24.3 Å². The van der Waals surface area contributed by atoms with Crippen molar-refractivity contribution in [2.75, 3.05) is 5.32 Å². The highest BCUT2D eigenvalue weighted by molar-refractivity contribution is 6.22. The summed E-state index contributed by atoms with van der Waals surface area (Å²) in [6.07, 6.45) is 0. The van der Waals surface area contributed by atoms with Gasteiger partial charge in [-0.1, -0.05) is 6.07 Å². The average molecular weight is 366 g/mol. The van der Waals surface area contributed by atoms with Gasteiger partial charge in [-0.3, -0.25) is 19.3 Å². The molecular formula is C20H18N2O5. The summed E-state index contributed by atoms with van der Waals surface area (Å²) in [7, 11) is 0. The third-order valence-electron chi connectivity index (χ3n) is 4.19. The van der Waals surface area contributed by atoms with Crippen LogP contribution in [0.1, 0.15) is 62.2 Å². The number of carbonyl (C=O) groups is 4. The Kier molecular flexibility index (Phi) is 4.31. The number of imide groups is 1. The molecule has 1 heterocycles. The van der Waals surface area contributed by atoms with Crippen molar-refractivity contribution >= 4 is 29.4 Å². The number of carbonyl (C=O) groups excluding carboxylic acids is 3. The Morgan fingerprint density at radius 2 is 1.59 bits per heavy atom. The van der Waals surface area contributed by atoms with E-state index < -0.39 is 23.3 Å². The number of amides is 3. The predicted molar refractivity (Wildman–Crippen MR) is 98.0 cm³/mol. The van der Waals surface area contributed by atoms with Crippen LogP contribution in [0.4, 0.5) is 5.69 Å². The van der Waals surface area contributed by atoms with Gasteiger partial charge in [0.25, 0.3) is 17.7 Å². The molecule has 7 nitrogen and oxygen atoms in total. The lowest BCUT2D eigenvalue weighted by molar-refractivity contribution is 0.0506. The zero-order valence-corrected chi connectivity index (χ0v) is 15.1. The highest BCUT2D eigenvalue weighted by Gasteiger charge is 2.42. The number of fused-ring (bicyclic) bond motifs is 1. The van der Waals surface area contributed by atoms with Crippen LogP contribution < -0.4 is 5.32 Å². The zero-order valence-electron chi connectivity index (χ0n) is 15.1. The molecule has 0 unspecified atom stereocenters. The standard InChI is InChI=1S/C20H18N2O5/c1-20(2,3)22-17(24)14-8-7-11(10-15(14)18(22)25)16(23)21-13-6-4-5-12(9-13)19(26)27/h4-10H,1-3H3,(H,21,23)(H,26,27). The second-order valence-electron chi connectivity index (χ2n) is 7.22. The van der Waals surface area contributed by atoms with E-state index in [1.54, 1.807) is 26.8 Å². The van der Waals surface area contributed by atoms with Crippen LogP contribution in [0.3, 0.4) is 0 Å². The minimum atomic E-state index is -1.10.